The van der Waals surface area contributed by atoms with Crippen LogP contribution in [-0.4, -0.2) is 35.1 Å². The van der Waals surface area contributed by atoms with Crippen LogP contribution in [-0.2, 0) is 16.6 Å². The van der Waals surface area contributed by atoms with Crippen LogP contribution in [0.15, 0.2) is 84.6 Å². The highest BCUT2D eigenvalue weighted by molar-refractivity contribution is 6.52. The van der Waals surface area contributed by atoms with Crippen LogP contribution in [0.25, 0.3) is 16.7 Å². The third-order valence-corrected chi connectivity index (χ3v) is 6.58. The first-order valence-electron chi connectivity index (χ1n) is 12.2. The van der Waals surface area contributed by atoms with Gasteiger partial charge in [0.1, 0.15) is 17.3 Å². The molecule has 0 radical (unpaired) electrons. The zero-order valence-electron chi connectivity index (χ0n) is 21.0. The highest BCUT2D eigenvalue weighted by atomic mass is 16.5. The first kappa shape index (κ1) is 24.2. The van der Waals surface area contributed by atoms with Crippen molar-refractivity contribution in [1.29, 1.82) is 0 Å². The van der Waals surface area contributed by atoms with Gasteiger partial charge in [-0.3, -0.25) is 14.5 Å². The number of nitrogens with zero attached hydrogens (tertiary/aromatic N) is 2. The Balaban J connectivity index is 1.75. The van der Waals surface area contributed by atoms with Gasteiger partial charge in [-0.15, -0.1) is 0 Å². The molecule has 0 aliphatic carbocycles. The molecule has 1 aromatic heterocycles. The minimum absolute atomic E-state index is 0.0248. The van der Waals surface area contributed by atoms with Gasteiger partial charge in [0.15, 0.2) is 0 Å². The number of aliphatic hydroxyl groups is 1. The van der Waals surface area contributed by atoms with Gasteiger partial charge in [0.25, 0.3) is 11.7 Å². The average molecular weight is 497 g/mol. The van der Waals surface area contributed by atoms with E-state index in [4.69, 9.17) is 9.47 Å². The molecule has 1 saturated heterocycles. The summed E-state index contributed by atoms with van der Waals surface area (Å²) in [4.78, 5) is 28.5. The maximum Gasteiger partial charge on any atom is 0.300 e. The van der Waals surface area contributed by atoms with Gasteiger partial charge in [0.05, 0.1) is 25.3 Å². The molecule has 0 saturated carbocycles. The summed E-state index contributed by atoms with van der Waals surface area (Å²) >= 11 is 0. The fourth-order valence-corrected chi connectivity index (χ4v) is 4.85. The maximum absolute atomic E-state index is 13.6. The van der Waals surface area contributed by atoms with Gasteiger partial charge in [-0.25, -0.2) is 0 Å². The van der Waals surface area contributed by atoms with Gasteiger partial charge in [-0.05, 0) is 36.8 Å². The Labute approximate surface area is 215 Å². The minimum Gasteiger partial charge on any atom is -0.507 e. The summed E-state index contributed by atoms with van der Waals surface area (Å²) in [6, 6.07) is 20.9. The largest absolute Gasteiger partial charge is 0.507 e. The topological polar surface area (TPSA) is 81.0 Å². The van der Waals surface area contributed by atoms with Crippen LogP contribution in [0.2, 0.25) is 0 Å². The van der Waals surface area contributed by atoms with E-state index in [-0.39, 0.29) is 11.3 Å². The molecule has 1 fully saturated rings. The van der Waals surface area contributed by atoms with Crippen molar-refractivity contribution in [2.75, 3.05) is 18.6 Å². The Bertz CT molecular complexity index is 1530. The first-order valence-corrected chi connectivity index (χ1v) is 12.2. The van der Waals surface area contributed by atoms with Gasteiger partial charge < -0.3 is 19.1 Å². The number of hydrogen-bond donors (Lipinski definition) is 1. The fraction of sp³-hybridized carbons (Fsp3) is 0.200. The first-order chi connectivity index (χ1) is 17.9. The van der Waals surface area contributed by atoms with Gasteiger partial charge in [0, 0.05) is 47.0 Å². The van der Waals surface area contributed by atoms with Crippen LogP contribution < -0.4 is 14.4 Å². The number of hydrogen-bond acceptors (Lipinski definition) is 5. The van der Waals surface area contributed by atoms with Crippen molar-refractivity contribution >= 4 is 34.0 Å². The van der Waals surface area contributed by atoms with E-state index in [1.807, 2.05) is 49.0 Å². The van der Waals surface area contributed by atoms with E-state index in [0.29, 0.717) is 29.4 Å². The highest BCUT2D eigenvalue weighted by Gasteiger charge is 2.48. The molecule has 1 atom stereocenters. The number of aryl methyl sites for hydroxylation is 1. The molecule has 4 aromatic rings. The van der Waals surface area contributed by atoms with Gasteiger partial charge in [-0.1, -0.05) is 43.3 Å². The Kier molecular flexibility index (Phi) is 6.44. The second-order valence-corrected chi connectivity index (χ2v) is 8.96. The Hall–Kier alpha value is -4.52. The summed E-state index contributed by atoms with van der Waals surface area (Å²) < 4.78 is 13.1. The van der Waals surface area contributed by atoms with E-state index in [9.17, 15) is 14.7 Å². The van der Waals surface area contributed by atoms with E-state index in [0.717, 1.165) is 22.9 Å². The monoisotopic (exact) mass is 496 g/mol. The molecule has 37 heavy (non-hydrogen) atoms. The second-order valence-electron chi connectivity index (χ2n) is 8.96. The summed E-state index contributed by atoms with van der Waals surface area (Å²) in [7, 11) is 3.46. The number of para-hydroxylation sites is 1. The van der Waals surface area contributed by atoms with Crippen LogP contribution in [0.1, 0.15) is 30.5 Å². The number of methoxy groups -OCH3 is 1. The number of carbonyl (C=O) groups is 2. The lowest BCUT2D eigenvalue weighted by Gasteiger charge is -2.25. The lowest BCUT2D eigenvalue weighted by molar-refractivity contribution is -0.132. The Morgan fingerprint density at radius 3 is 2.51 bits per heavy atom. The molecule has 1 unspecified atom stereocenters. The van der Waals surface area contributed by atoms with Crippen LogP contribution in [0.4, 0.5) is 5.69 Å². The molecule has 0 spiro atoms. The van der Waals surface area contributed by atoms with E-state index < -0.39 is 17.7 Å². The van der Waals surface area contributed by atoms with Crippen molar-refractivity contribution in [3.63, 3.8) is 0 Å². The third kappa shape index (κ3) is 4.22. The molecule has 7 nitrogen and oxygen atoms in total. The molecule has 7 heteroatoms. The van der Waals surface area contributed by atoms with Gasteiger partial charge in [0.2, 0.25) is 0 Å². The number of aromatic nitrogens is 1. The quantitative estimate of drug-likeness (QED) is 0.205. The van der Waals surface area contributed by atoms with E-state index in [1.165, 1.54) is 4.90 Å². The molecular weight excluding hydrogens is 468 g/mol. The lowest BCUT2D eigenvalue weighted by atomic mass is 9.94. The van der Waals surface area contributed by atoms with Crippen molar-refractivity contribution < 1.29 is 24.2 Å². The summed E-state index contributed by atoms with van der Waals surface area (Å²) in [5, 5.41) is 12.4. The van der Waals surface area contributed by atoms with Crippen molar-refractivity contribution in [3.05, 3.63) is 95.7 Å². The fourth-order valence-electron chi connectivity index (χ4n) is 4.85. The summed E-state index contributed by atoms with van der Waals surface area (Å²) in [6.45, 7) is 2.54. The average Bonchev–Trinajstić information content (AvgIpc) is 3.40. The molecule has 0 bridgehead atoms. The zero-order chi connectivity index (χ0) is 26.1. The number of rotatable bonds is 7. The molecule has 5 rings (SSSR count). The summed E-state index contributed by atoms with van der Waals surface area (Å²) in [6.07, 6.45) is 2.74. The number of aliphatic hydroxyl groups excluding tert-OH is 1. The number of carbonyl (C=O) groups excluding carboxylic acids is 2. The summed E-state index contributed by atoms with van der Waals surface area (Å²) in [5.74, 6) is -0.584. The van der Waals surface area contributed by atoms with Crippen molar-refractivity contribution in [2.45, 2.75) is 19.4 Å². The predicted molar refractivity (Wildman–Crippen MR) is 143 cm³/mol. The zero-order valence-corrected chi connectivity index (χ0v) is 21.0. The molecule has 3 aromatic carbocycles. The van der Waals surface area contributed by atoms with Crippen molar-refractivity contribution in [2.24, 2.45) is 7.05 Å². The minimum atomic E-state index is -0.849. The van der Waals surface area contributed by atoms with Crippen molar-refractivity contribution in [3.8, 4) is 11.5 Å². The molecule has 2 heterocycles. The maximum atomic E-state index is 13.6. The number of benzene rings is 3. The molecule has 1 aliphatic rings. The number of amides is 1. The highest BCUT2D eigenvalue weighted by Crippen LogP contribution is 2.45. The van der Waals surface area contributed by atoms with Crippen molar-refractivity contribution in [1.82, 2.24) is 4.57 Å². The second kappa shape index (κ2) is 9.85. The molecule has 1 N–H and O–H groups in total. The Morgan fingerprint density at radius 1 is 0.973 bits per heavy atom. The summed E-state index contributed by atoms with van der Waals surface area (Å²) in [5.41, 5.74) is 2.61. The Morgan fingerprint density at radius 2 is 1.73 bits per heavy atom. The van der Waals surface area contributed by atoms with Gasteiger partial charge in [-0.2, -0.15) is 0 Å². The third-order valence-electron chi connectivity index (χ3n) is 6.58. The SMILES string of the molecule is CCCOc1cccc(/C(O)=C2\C(=O)C(=O)N(c3cccc(OC)c3)C2c2cn(C)c3ccccc23)c1. The number of fused-ring (bicyclic) bond motifs is 1. The number of anilines is 1. The number of Topliss-reactive ketones (excluding diaryl/α,β-unsaturated/α-hetero) is 1. The van der Waals surface area contributed by atoms with Crippen LogP contribution in [0.5, 0.6) is 11.5 Å². The molecular formula is C30H28N2O5. The molecule has 1 aliphatic heterocycles. The predicted octanol–water partition coefficient (Wildman–Crippen LogP) is 5.60. The number of ether oxygens (including phenoxy) is 2. The van der Waals surface area contributed by atoms with Crippen LogP contribution >= 0.6 is 0 Å². The molecule has 1 amide bonds. The van der Waals surface area contributed by atoms with Crippen LogP contribution in [0, 0.1) is 0 Å². The lowest BCUT2D eigenvalue weighted by Crippen LogP contribution is -2.29. The molecule has 188 valence electrons. The smallest absolute Gasteiger partial charge is 0.300 e. The van der Waals surface area contributed by atoms with E-state index in [2.05, 4.69) is 0 Å². The van der Waals surface area contributed by atoms with E-state index >= 15 is 0 Å². The number of ketones is 1. The standard InChI is InChI=1S/C30H28N2O5/c1-4-15-37-22-12-7-9-19(16-22)28(33)26-27(24-18-31(2)25-14-6-5-13-23(24)25)32(30(35)29(26)34)20-10-8-11-21(17-20)36-3/h5-14,16-18,27,33H,4,15H2,1-3H3/b28-26+. The van der Waals surface area contributed by atoms with E-state index in [1.54, 1.807) is 55.6 Å². The van der Waals surface area contributed by atoms with Crippen LogP contribution in [0.3, 0.4) is 0 Å². The normalized spacial score (nSPS) is 16.9. The van der Waals surface area contributed by atoms with Gasteiger partial charge >= 0.3 is 0 Å².